The zero-order valence-corrected chi connectivity index (χ0v) is 11.2. The number of hydrogen-bond donors (Lipinski definition) is 2. The van der Waals surface area contributed by atoms with E-state index in [4.69, 9.17) is 0 Å². The van der Waals surface area contributed by atoms with Crippen molar-refractivity contribution in [1.29, 1.82) is 0 Å². The normalized spacial score (nSPS) is 28.1. The van der Waals surface area contributed by atoms with Gasteiger partial charge in [-0.1, -0.05) is 6.42 Å². The number of anilines is 1. The lowest BCUT2D eigenvalue weighted by Gasteiger charge is -2.32. The molecule has 2 N–H and O–H groups in total. The van der Waals surface area contributed by atoms with Crippen molar-refractivity contribution in [3.63, 3.8) is 0 Å². The average molecular weight is 290 g/mol. The van der Waals surface area contributed by atoms with Crippen LogP contribution in [0.15, 0.2) is 18.2 Å². The van der Waals surface area contributed by atoms with Crippen LogP contribution in [0.3, 0.4) is 0 Å². The van der Waals surface area contributed by atoms with Gasteiger partial charge in [0.1, 0.15) is 5.78 Å². The lowest BCUT2D eigenvalue weighted by molar-refractivity contribution is -0.385. The summed E-state index contributed by atoms with van der Waals surface area (Å²) in [5, 5.41) is 24.3. The number of aliphatic hydroxyl groups is 1. The van der Waals surface area contributed by atoms with Gasteiger partial charge in [0, 0.05) is 29.8 Å². The maximum Gasteiger partial charge on any atom is 0.269 e. The molecule has 0 aromatic heterocycles. The highest BCUT2D eigenvalue weighted by molar-refractivity contribution is 6.08. The van der Waals surface area contributed by atoms with Crippen LogP contribution in [0, 0.1) is 16.0 Å². The third-order valence-corrected chi connectivity index (χ3v) is 4.28. The minimum atomic E-state index is -2.00. The van der Waals surface area contributed by atoms with Crippen LogP contribution in [-0.4, -0.2) is 21.7 Å². The van der Waals surface area contributed by atoms with Gasteiger partial charge in [0.2, 0.25) is 0 Å². The van der Waals surface area contributed by atoms with E-state index < -0.39 is 22.3 Å². The van der Waals surface area contributed by atoms with Gasteiger partial charge in [0.05, 0.1) is 10.8 Å². The molecule has 1 saturated carbocycles. The Hall–Kier alpha value is -2.28. The highest BCUT2D eigenvalue weighted by Gasteiger charge is 2.54. The minimum Gasteiger partial charge on any atom is -0.375 e. The summed E-state index contributed by atoms with van der Waals surface area (Å²) in [5.41, 5.74) is -1.76. The lowest BCUT2D eigenvalue weighted by Crippen LogP contribution is -2.46. The number of rotatable bonds is 2. The summed E-state index contributed by atoms with van der Waals surface area (Å²) in [5.74, 6) is -1.69. The van der Waals surface area contributed by atoms with Crippen LogP contribution in [0.4, 0.5) is 11.4 Å². The van der Waals surface area contributed by atoms with E-state index >= 15 is 0 Å². The standard InChI is InChI=1S/C14H14N2O5/c17-12-4-2-1-3-9(12)14(19)10-7-8(16(20)21)5-6-11(10)15-13(14)18/h5-7,9,19H,1-4H2,(H,15,18)/t9-,14-/m1/s1. The Morgan fingerprint density at radius 2 is 2.10 bits per heavy atom. The minimum absolute atomic E-state index is 0.127. The zero-order chi connectivity index (χ0) is 15.2. The van der Waals surface area contributed by atoms with Crippen LogP contribution in [0.5, 0.6) is 0 Å². The fourth-order valence-electron chi connectivity index (χ4n) is 3.18. The first kappa shape index (κ1) is 13.7. The van der Waals surface area contributed by atoms with E-state index in [1.165, 1.54) is 18.2 Å². The largest absolute Gasteiger partial charge is 0.375 e. The Morgan fingerprint density at radius 1 is 1.33 bits per heavy atom. The first-order chi connectivity index (χ1) is 9.94. The molecule has 0 bridgehead atoms. The van der Waals surface area contributed by atoms with Crippen molar-refractivity contribution >= 4 is 23.1 Å². The quantitative estimate of drug-likeness (QED) is 0.633. The van der Waals surface area contributed by atoms with Crippen LogP contribution in [0.2, 0.25) is 0 Å². The van der Waals surface area contributed by atoms with Crippen LogP contribution in [-0.2, 0) is 15.2 Å². The molecule has 2 atom stereocenters. The van der Waals surface area contributed by atoms with E-state index in [9.17, 15) is 24.8 Å². The second-order valence-electron chi connectivity index (χ2n) is 5.47. The van der Waals surface area contributed by atoms with Crippen molar-refractivity contribution in [1.82, 2.24) is 0 Å². The van der Waals surface area contributed by atoms with Crippen LogP contribution < -0.4 is 5.32 Å². The van der Waals surface area contributed by atoms with Crippen molar-refractivity contribution in [3.05, 3.63) is 33.9 Å². The number of benzene rings is 1. The average Bonchev–Trinajstić information content (AvgIpc) is 2.71. The van der Waals surface area contributed by atoms with E-state index in [1.807, 2.05) is 0 Å². The highest BCUT2D eigenvalue weighted by atomic mass is 16.6. The third kappa shape index (κ3) is 1.92. The second-order valence-corrected chi connectivity index (χ2v) is 5.47. The van der Waals surface area contributed by atoms with E-state index in [2.05, 4.69) is 5.32 Å². The molecule has 2 aliphatic rings. The van der Waals surface area contributed by atoms with Gasteiger partial charge in [-0.3, -0.25) is 19.7 Å². The number of amides is 1. The van der Waals surface area contributed by atoms with Crippen LogP contribution in [0.1, 0.15) is 31.2 Å². The number of fused-ring (bicyclic) bond motifs is 1. The number of nitro groups is 1. The Kier molecular flexibility index (Phi) is 3.02. The van der Waals surface area contributed by atoms with Gasteiger partial charge < -0.3 is 10.4 Å². The Morgan fingerprint density at radius 3 is 2.76 bits per heavy atom. The van der Waals surface area contributed by atoms with Gasteiger partial charge in [0.15, 0.2) is 5.60 Å². The molecule has 1 aromatic rings. The van der Waals surface area contributed by atoms with Gasteiger partial charge in [-0.15, -0.1) is 0 Å². The summed E-state index contributed by atoms with van der Waals surface area (Å²) in [6.45, 7) is 0. The molecule has 21 heavy (non-hydrogen) atoms. The number of carbonyl (C=O) groups excluding carboxylic acids is 2. The van der Waals surface area contributed by atoms with Gasteiger partial charge in [-0.2, -0.15) is 0 Å². The van der Waals surface area contributed by atoms with E-state index in [0.29, 0.717) is 18.5 Å². The molecule has 7 heteroatoms. The molecule has 1 amide bonds. The molecular formula is C14H14N2O5. The molecule has 1 fully saturated rings. The summed E-state index contributed by atoms with van der Waals surface area (Å²) >= 11 is 0. The number of hydrogen-bond acceptors (Lipinski definition) is 5. The number of non-ortho nitro benzene ring substituents is 1. The molecule has 1 aromatic carbocycles. The molecular weight excluding hydrogens is 276 g/mol. The molecule has 1 aliphatic heterocycles. The third-order valence-electron chi connectivity index (χ3n) is 4.28. The number of Topliss-reactive ketones (excluding diaryl/α,β-unsaturated/α-hetero) is 1. The van der Waals surface area contributed by atoms with Crippen molar-refractivity contribution in [2.45, 2.75) is 31.3 Å². The number of carbonyl (C=O) groups is 2. The molecule has 0 unspecified atom stereocenters. The Balaban J connectivity index is 2.11. The van der Waals surface area contributed by atoms with E-state index in [1.54, 1.807) is 0 Å². The SMILES string of the molecule is O=C1CCCC[C@H]1[C@]1(O)C(=O)Nc2ccc([N+](=O)[O-])cc21. The first-order valence-electron chi connectivity index (χ1n) is 6.80. The summed E-state index contributed by atoms with van der Waals surface area (Å²) in [6, 6.07) is 3.82. The molecule has 1 heterocycles. The summed E-state index contributed by atoms with van der Waals surface area (Å²) in [7, 11) is 0. The molecule has 0 radical (unpaired) electrons. The fraction of sp³-hybridized carbons (Fsp3) is 0.429. The molecule has 3 rings (SSSR count). The maximum atomic E-state index is 12.2. The predicted octanol–water partition coefficient (Wildman–Crippen LogP) is 1.49. The zero-order valence-electron chi connectivity index (χ0n) is 11.2. The van der Waals surface area contributed by atoms with E-state index in [-0.39, 0.29) is 17.0 Å². The van der Waals surface area contributed by atoms with Gasteiger partial charge in [-0.25, -0.2) is 0 Å². The van der Waals surface area contributed by atoms with Crippen LogP contribution in [0.25, 0.3) is 0 Å². The molecule has 7 nitrogen and oxygen atoms in total. The highest BCUT2D eigenvalue weighted by Crippen LogP contribution is 2.46. The van der Waals surface area contributed by atoms with Crippen molar-refractivity contribution in [2.75, 3.05) is 5.32 Å². The number of nitrogens with one attached hydrogen (secondary N) is 1. The Labute approximate surface area is 120 Å². The molecule has 0 saturated heterocycles. The van der Waals surface area contributed by atoms with Crippen molar-refractivity contribution in [3.8, 4) is 0 Å². The molecule has 1 aliphatic carbocycles. The monoisotopic (exact) mass is 290 g/mol. The summed E-state index contributed by atoms with van der Waals surface area (Å²) in [6.07, 6.45) is 2.22. The fourth-order valence-corrected chi connectivity index (χ4v) is 3.18. The summed E-state index contributed by atoms with van der Waals surface area (Å²) < 4.78 is 0. The van der Waals surface area contributed by atoms with Crippen molar-refractivity contribution < 1.29 is 19.6 Å². The van der Waals surface area contributed by atoms with Crippen LogP contribution >= 0.6 is 0 Å². The van der Waals surface area contributed by atoms with Crippen molar-refractivity contribution in [2.24, 2.45) is 5.92 Å². The van der Waals surface area contributed by atoms with Gasteiger partial charge in [0.25, 0.3) is 11.6 Å². The summed E-state index contributed by atoms with van der Waals surface area (Å²) in [4.78, 5) is 34.6. The maximum absolute atomic E-state index is 12.2. The smallest absolute Gasteiger partial charge is 0.269 e. The molecule has 110 valence electrons. The van der Waals surface area contributed by atoms with Gasteiger partial charge in [-0.05, 0) is 18.9 Å². The number of nitrogens with zero attached hydrogens (tertiary/aromatic N) is 1. The Bertz CT molecular complexity index is 657. The predicted molar refractivity (Wildman–Crippen MR) is 72.6 cm³/mol. The van der Waals surface area contributed by atoms with Gasteiger partial charge >= 0.3 is 0 Å². The van der Waals surface area contributed by atoms with E-state index in [0.717, 1.165) is 12.8 Å². The second kappa shape index (κ2) is 4.63. The topological polar surface area (TPSA) is 110 Å². The lowest BCUT2D eigenvalue weighted by atomic mass is 9.73. The molecule has 0 spiro atoms. The number of ketones is 1. The number of nitro benzene ring substituents is 1. The first-order valence-corrected chi connectivity index (χ1v) is 6.80.